The van der Waals surface area contributed by atoms with Crippen molar-refractivity contribution in [1.29, 1.82) is 0 Å². The van der Waals surface area contributed by atoms with E-state index in [2.05, 4.69) is 4.98 Å². The van der Waals surface area contributed by atoms with Crippen LogP contribution in [0, 0.1) is 11.6 Å². The van der Waals surface area contributed by atoms with E-state index in [0.717, 1.165) is 18.1 Å². The highest BCUT2D eigenvalue weighted by molar-refractivity contribution is 5.33. The molecule has 0 spiro atoms. The average Bonchev–Trinajstić information content (AvgIpc) is 2.38. The SMILES string of the molecule is CCc1cccnc1C(N)c1ccc(F)cc1F. The van der Waals surface area contributed by atoms with Gasteiger partial charge in [-0.25, -0.2) is 8.78 Å². The number of pyridine rings is 1. The molecule has 0 saturated heterocycles. The number of hydrogen-bond donors (Lipinski definition) is 1. The Morgan fingerprint density at radius 3 is 2.72 bits per heavy atom. The van der Waals surface area contributed by atoms with E-state index in [-0.39, 0.29) is 5.56 Å². The molecule has 1 aromatic heterocycles. The molecule has 0 saturated carbocycles. The van der Waals surface area contributed by atoms with Crippen LogP contribution in [-0.4, -0.2) is 4.98 Å². The highest BCUT2D eigenvalue weighted by Crippen LogP contribution is 2.24. The molecule has 0 aliphatic rings. The van der Waals surface area contributed by atoms with Gasteiger partial charge in [0, 0.05) is 17.8 Å². The Labute approximate surface area is 104 Å². The van der Waals surface area contributed by atoms with E-state index in [1.54, 1.807) is 6.20 Å². The monoisotopic (exact) mass is 248 g/mol. The highest BCUT2D eigenvalue weighted by atomic mass is 19.1. The normalized spacial score (nSPS) is 12.4. The maximum absolute atomic E-state index is 13.7. The number of aryl methyl sites for hydroxylation is 1. The van der Waals surface area contributed by atoms with Crippen molar-refractivity contribution >= 4 is 0 Å². The predicted octanol–water partition coefficient (Wildman–Crippen LogP) is 2.97. The third-order valence-electron chi connectivity index (χ3n) is 2.90. The van der Waals surface area contributed by atoms with Gasteiger partial charge in [0.1, 0.15) is 11.6 Å². The molecule has 1 atom stereocenters. The van der Waals surface area contributed by atoms with Crippen molar-refractivity contribution in [2.75, 3.05) is 0 Å². The molecule has 0 aliphatic heterocycles. The molecule has 0 radical (unpaired) electrons. The Balaban J connectivity index is 2.44. The van der Waals surface area contributed by atoms with Crippen molar-refractivity contribution in [2.24, 2.45) is 5.73 Å². The molecule has 2 N–H and O–H groups in total. The molecule has 1 heterocycles. The van der Waals surface area contributed by atoms with Crippen LogP contribution in [0.2, 0.25) is 0 Å². The zero-order chi connectivity index (χ0) is 13.1. The van der Waals surface area contributed by atoms with Gasteiger partial charge in [0.15, 0.2) is 0 Å². The number of aromatic nitrogens is 1. The van der Waals surface area contributed by atoms with Crippen molar-refractivity contribution < 1.29 is 8.78 Å². The van der Waals surface area contributed by atoms with E-state index in [1.165, 1.54) is 12.1 Å². The maximum Gasteiger partial charge on any atom is 0.131 e. The zero-order valence-electron chi connectivity index (χ0n) is 10.0. The van der Waals surface area contributed by atoms with Gasteiger partial charge in [-0.15, -0.1) is 0 Å². The Kier molecular flexibility index (Phi) is 3.67. The summed E-state index contributed by atoms with van der Waals surface area (Å²) >= 11 is 0. The molecule has 0 fully saturated rings. The van der Waals surface area contributed by atoms with Crippen LogP contribution in [0.3, 0.4) is 0 Å². The summed E-state index contributed by atoms with van der Waals surface area (Å²) < 4.78 is 26.5. The van der Waals surface area contributed by atoms with Gasteiger partial charge in [0.05, 0.1) is 11.7 Å². The number of nitrogens with two attached hydrogens (primary N) is 1. The summed E-state index contributed by atoms with van der Waals surface area (Å²) in [7, 11) is 0. The van der Waals surface area contributed by atoms with E-state index in [1.807, 2.05) is 19.1 Å². The number of hydrogen-bond acceptors (Lipinski definition) is 2. The van der Waals surface area contributed by atoms with Crippen LogP contribution in [0.25, 0.3) is 0 Å². The number of halogens is 2. The second kappa shape index (κ2) is 5.23. The Bertz CT molecular complexity index is 555. The number of benzene rings is 1. The molecule has 2 rings (SSSR count). The van der Waals surface area contributed by atoms with Crippen molar-refractivity contribution in [3.05, 3.63) is 65.0 Å². The topological polar surface area (TPSA) is 38.9 Å². The summed E-state index contributed by atoms with van der Waals surface area (Å²) in [5.41, 5.74) is 7.87. The van der Waals surface area contributed by atoms with Gasteiger partial charge >= 0.3 is 0 Å². The second-order valence-corrected chi connectivity index (χ2v) is 4.04. The minimum atomic E-state index is -0.679. The Morgan fingerprint density at radius 1 is 1.28 bits per heavy atom. The molecule has 0 bridgehead atoms. The Morgan fingerprint density at radius 2 is 2.06 bits per heavy atom. The van der Waals surface area contributed by atoms with Gasteiger partial charge in [0.25, 0.3) is 0 Å². The molecule has 94 valence electrons. The first kappa shape index (κ1) is 12.6. The fourth-order valence-corrected chi connectivity index (χ4v) is 1.93. The highest BCUT2D eigenvalue weighted by Gasteiger charge is 2.17. The van der Waals surface area contributed by atoms with Crippen LogP contribution in [0.5, 0.6) is 0 Å². The van der Waals surface area contributed by atoms with Crippen molar-refractivity contribution in [1.82, 2.24) is 4.98 Å². The van der Waals surface area contributed by atoms with E-state index in [4.69, 9.17) is 5.73 Å². The minimum Gasteiger partial charge on any atom is -0.319 e. The van der Waals surface area contributed by atoms with E-state index >= 15 is 0 Å². The largest absolute Gasteiger partial charge is 0.319 e. The van der Waals surface area contributed by atoms with Crippen LogP contribution in [-0.2, 0) is 6.42 Å². The van der Waals surface area contributed by atoms with Gasteiger partial charge in [-0.3, -0.25) is 4.98 Å². The summed E-state index contributed by atoms with van der Waals surface area (Å²) in [5, 5.41) is 0. The molecule has 0 aliphatic carbocycles. The van der Waals surface area contributed by atoms with Crippen LogP contribution in [0.1, 0.15) is 29.8 Å². The van der Waals surface area contributed by atoms with Crippen molar-refractivity contribution in [3.63, 3.8) is 0 Å². The second-order valence-electron chi connectivity index (χ2n) is 4.04. The van der Waals surface area contributed by atoms with E-state index in [0.29, 0.717) is 5.69 Å². The van der Waals surface area contributed by atoms with Crippen molar-refractivity contribution in [2.45, 2.75) is 19.4 Å². The predicted molar refractivity (Wildman–Crippen MR) is 66.0 cm³/mol. The lowest BCUT2D eigenvalue weighted by atomic mass is 9.98. The lowest BCUT2D eigenvalue weighted by Gasteiger charge is -2.15. The van der Waals surface area contributed by atoms with Crippen LogP contribution in [0.15, 0.2) is 36.5 Å². The average molecular weight is 248 g/mol. The standard InChI is InChI=1S/C14H14F2N2/c1-2-9-4-3-7-18-14(9)13(17)11-6-5-10(15)8-12(11)16/h3-8,13H,2,17H2,1H3. The maximum atomic E-state index is 13.7. The minimum absolute atomic E-state index is 0.254. The molecule has 1 aromatic carbocycles. The first-order chi connectivity index (χ1) is 8.63. The lowest BCUT2D eigenvalue weighted by Crippen LogP contribution is -2.17. The molecular formula is C14H14F2N2. The number of rotatable bonds is 3. The summed E-state index contributed by atoms with van der Waals surface area (Å²) in [4.78, 5) is 4.20. The number of nitrogens with zero attached hydrogens (tertiary/aromatic N) is 1. The van der Waals surface area contributed by atoms with Gasteiger partial charge in [-0.1, -0.05) is 19.1 Å². The first-order valence-corrected chi connectivity index (χ1v) is 5.77. The Hall–Kier alpha value is -1.81. The van der Waals surface area contributed by atoms with Gasteiger partial charge in [-0.05, 0) is 24.1 Å². The van der Waals surface area contributed by atoms with Crippen LogP contribution in [0.4, 0.5) is 8.78 Å². The lowest BCUT2D eigenvalue weighted by molar-refractivity contribution is 0.564. The quantitative estimate of drug-likeness (QED) is 0.907. The molecule has 1 unspecified atom stereocenters. The van der Waals surface area contributed by atoms with E-state index in [9.17, 15) is 8.78 Å². The third-order valence-corrected chi connectivity index (χ3v) is 2.90. The van der Waals surface area contributed by atoms with Crippen LogP contribution >= 0.6 is 0 Å². The summed E-state index contributed by atoms with van der Waals surface area (Å²) in [5.74, 6) is -1.25. The van der Waals surface area contributed by atoms with Gasteiger partial charge < -0.3 is 5.73 Å². The molecule has 18 heavy (non-hydrogen) atoms. The molecule has 0 amide bonds. The molecular weight excluding hydrogens is 234 g/mol. The third kappa shape index (κ3) is 2.38. The molecule has 2 nitrogen and oxygen atoms in total. The summed E-state index contributed by atoms with van der Waals surface area (Å²) in [6, 6.07) is 6.45. The first-order valence-electron chi connectivity index (χ1n) is 5.77. The van der Waals surface area contributed by atoms with Gasteiger partial charge in [0.2, 0.25) is 0 Å². The fourth-order valence-electron chi connectivity index (χ4n) is 1.93. The molecule has 2 aromatic rings. The fraction of sp³-hybridized carbons (Fsp3) is 0.214. The van der Waals surface area contributed by atoms with Crippen molar-refractivity contribution in [3.8, 4) is 0 Å². The smallest absolute Gasteiger partial charge is 0.131 e. The summed E-state index contributed by atoms with van der Waals surface area (Å²) in [6.45, 7) is 1.98. The zero-order valence-corrected chi connectivity index (χ0v) is 10.0. The van der Waals surface area contributed by atoms with Crippen LogP contribution < -0.4 is 5.73 Å². The summed E-state index contributed by atoms with van der Waals surface area (Å²) in [6.07, 6.45) is 2.38. The van der Waals surface area contributed by atoms with E-state index < -0.39 is 17.7 Å². The molecule has 4 heteroatoms. The van der Waals surface area contributed by atoms with Gasteiger partial charge in [-0.2, -0.15) is 0 Å².